The van der Waals surface area contributed by atoms with Crippen LogP contribution < -0.4 is 10.6 Å². The molecule has 28 heavy (non-hydrogen) atoms. The van der Waals surface area contributed by atoms with Gasteiger partial charge in [-0.2, -0.15) is 11.8 Å². The van der Waals surface area contributed by atoms with E-state index < -0.39 is 5.97 Å². The molecule has 2 aromatic rings. The van der Waals surface area contributed by atoms with Gasteiger partial charge in [0.1, 0.15) is 0 Å². The van der Waals surface area contributed by atoms with Crippen molar-refractivity contribution >= 4 is 64.0 Å². The molecule has 0 atom stereocenters. The first kappa shape index (κ1) is 22.8. The number of esters is 1. The first-order valence-corrected chi connectivity index (χ1v) is 11.1. The number of rotatable bonds is 9. The van der Waals surface area contributed by atoms with Crippen LogP contribution in [0.25, 0.3) is 0 Å². The molecule has 0 radical (unpaired) electrons. The van der Waals surface area contributed by atoms with Crippen LogP contribution in [0.5, 0.6) is 0 Å². The maximum absolute atomic E-state index is 11.8. The Balaban J connectivity index is 1.66. The highest BCUT2D eigenvalue weighted by Crippen LogP contribution is 2.22. The lowest BCUT2D eigenvalue weighted by Crippen LogP contribution is -2.29. The van der Waals surface area contributed by atoms with Gasteiger partial charge in [-0.1, -0.05) is 35.3 Å². The van der Waals surface area contributed by atoms with Crippen molar-refractivity contribution in [2.45, 2.75) is 19.1 Å². The van der Waals surface area contributed by atoms with E-state index in [4.69, 9.17) is 40.2 Å². The van der Waals surface area contributed by atoms with Gasteiger partial charge in [-0.3, -0.25) is 0 Å². The van der Waals surface area contributed by atoms with Crippen LogP contribution in [0.2, 0.25) is 10.0 Å². The van der Waals surface area contributed by atoms with Crippen molar-refractivity contribution in [1.82, 2.24) is 5.32 Å². The molecule has 0 aliphatic carbocycles. The number of carbonyl (C=O) groups excluding carboxylic acids is 1. The van der Waals surface area contributed by atoms with Crippen LogP contribution in [0, 0.1) is 0 Å². The highest BCUT2D eigenvalue weighted by Gasteiger charge is 2.12. The second-order valence-electron chi connectivity index (χ2n) is 5.83. The second-order valence-corrected chi connectivity index (χ2v) is 8.19. The molecule has 150 valence electrons. The predicted octanol–water partition coefficient (Wildman–Crippen LogP) is 5.78. The molecular formula is C20H22Cl2N2O2S2. The normalized spacial score (nSPS) is 10.4. The van der Waals surface area contributed by atoms with Gasteiger partial charge in [0.2, 0.25) is 0 Å². The summed E-state index contributed by atoms with van der Waals surface area (Å²) in [4.78, 5) is 11.8. The zero-order chi connectivity index (χ0) is 20.4. The maximum Gasteiger partial charge on any atom is 0.339 e. The van der Waals surface area contributed by atoms with Crippen LogP contribution in [0.3, 0.4) is 0 Å². The summed E-state index contributed by atoms with van der Waals surface area (Å²) in [5, 5.41) is 7.84. The molecule has 0 amide bonds. The molecule has 0 heterocycles. The third-order valence-corrected chi connectivity index (χ3v) is 5.58. The average molecular weight is 457 g/mol. The van der Waals surface area contributed by atoms with Gasteiger partial charge in [-0.05, 0) is 67.2 Å². The van der Waals surface area contributed by atoms with Crippen molar-refractivity contribution in [3.8, 4) is 0 Å². The molecule has 8 heteroatoms. The fourth-order valence-corrected chi connectivity index (χ4v) is 3.81. The van der Waals surface area contributed by atoms with Crippen molar-refractivity contribution in [3.63, 3.8) is 0 Å². The van der Waals surface area contributed by atoms with E-state index in [-0.39, 0.29) is 0 Å². The molecule has 4 nitrogen and oxygen atoms in total. The van der Waals surface area contributed by atoms with E-state index in [9.17, 15) is 4.79 Å². The Morgan fingerprint density at radius 2 is 1.93 bits per heavy atom. The minimum atomic E-state index is -0.434. The van der Waals surface area contributed by atoms with Crippen molar-refractivity contribution in [2.75, 3.05) is 24.2 Å². The molecule has 0 aliphatic heterocycles. The molecule has 0 aromatic heterocycles. The first-order valence-electron chi connectivity index (χ1n) is 8.83. The maximum atomic E-state index is 11.8. The molecule has 2 aromatic carbocycles. The molecule has 0 aliphatic rings. The van der Waals surface area contributed by atoms with Gasteiger partial charge in [0, 0.05) is 23.0 Å². The van der Waals surface area contributed by atoms with Crippen LogP contribution >= 0.6 is 47.2 Å². The molecule has 0 unspecified atom stereocenters. The number of anilines is 1. The van der Waals surface area contributed by atoms with Crippen molar-refractivity contribution in [2.24, 2.45) is 0 Å². The third kappa shape index (κ3) is 7.87. The van der Waals surface area contributed by atoms with Gasteiger partial charge in [-0.15, -0.1) is 0 Å². The van der Waals surface area contributed by atoms with Crippen LogP contribution in [0.15, 0.2) is 42.5 Å². The van der Waals surface area contributed by atoms with Crippen LogP contribution in [-0.4, -0.2) is 30.0 Å². The Kier molecular flexibility index (Phi) is 9.92. The zero-order valence-electron chi connectivity index (χ0n) is 15.5. The lowest BCUT2D eigenvalue weighted by atomic mass is 10.2. The number of ether oxygens (including phenoxy) is 1. The number of benzene rings is 2. The summed E-state index contributed by atoms with van der Waals surface area (Å²) in [6.45, 7) is 2.83. The van der Waals surface area contributed by atoms with Gasteiger partial charge in [0.25, 0.3) is 0 Å². The minimum Gasteiger partial charge on any atom is -0.462 e. The fourth-order valence-electron chi connectivity index (χ4n) is 2.29. The van der Waals surface area contributed by atoms with Gasteiger partial charge in [0.15, 0.2) is 5.11 Å². The molecule has 0 bridgehead atoms. The van der Waals surface area contributed by atoms with Gasteiger partial charge < -0.3 is 15.4 Å². The summed E-state index contributed by atoms with van der Waals surface area (Å²) in [7, 11) is 0. The molecule has 0 fully saturated rings. The SMILES string of the molecule is CCOC(=O)c1ccc(NC(=S)NCCCSCc2ccc(Cl)cc2)cc1Cl. The van der Waals surface area contributed by atoms with Crippen molar-refractivity contribution in [3.05, 3.63) is 63.6 Å². The number of nitrogens with one attached hydrogen (secondary N) is 2. The Hall–Kier alpha value is -1.47. The van der Waals surface area contributed by atoms with Gasteiger partial charge in [-0.25, -0.2) is 4.79 Å². The van der Waals surface area contributed by atoms with Crippen LogP contribution in [-0.2, 0) is 10.5 Å². The molecule has 0 spiro atoms. The van der Waals surface area contributed by atoms with E-state index >= 15 is 0 Å². The van der Waals surface area contributed by atoms with E-state index in [1.165, 1.54) is 5.56 Å². The topological polar surface area (TPSA) is 50.4 Å². The third-order valence-electron chi connectivity index (χ3n) is 3.66. The number of thioether (sulfide) groups is 1. The number of halogens is 2. The summed E-state index contributed by atoms with van der Waals surface area (Å²) < 4.78 is 4.96. The molecule has 0 saturated carbocycles. The lowest BCUT2D eigenvalue weighted by Gasteiger charge is -2.12. The summed E-state index contributed by atoms with van der Waals surface area (Å²) in [5.41, 5.74) is 2.32. The fraction of sp³-hybridized carbons (Fsp3) is 0.300. The van der Waals surface area contributed by atoms with Crippen molar-refractivity contribution < 1.29 is 9.53 Å². The Morgan fingerprint density at radius 1 is 1.18 bits per heavy atom. The largest absolute Gasteiger partial charge is 0.462 e. The number of carbonyl (C=O) groups is 1. The number of hydrogen-bond acceptors (Lipinski definition) is 4. The smallest absolute Gasteiger partial charge is 0.339 e. The lowest BCUT2D eigenvalue weighted by molar-refractivity contribution is 0.0526. The number of thiocarbonyl (C=S) groups is 1. The zero-order valence-corrected chi connectivity index (χ0v) is 18.6. The average Bonchev–Trinajstić information content (AvgIpc) is 2.66. The molecule has 2 N–H and O–H groups in total. The van der Waals surface area contributed by atoms with Crippen LogP contribution in [0.4, 0.5) is 5.69 Å². The molecule has 2 rings (SSSR count). The summed E-state index contributed by atoms with van der Waals surface area (Å²) in [6.07, 6.45) is 0.989. The minimum absolute atomic E-state index is 0.307. The van der Waals surface area contributed by atoms with Crippen molar-refractivity contribution in [1.29, 1.82) is 0 Å². The molecular weight excluding hydrogens is 435 g/mol. The highest BCUT2D eigenvalue weighted by molar-refractivity contribution is 7.98. The predicted molar refractivity (Wildman–Crippen MR) is 124 cm³/mol. The van der Waals surface area contributed by atoms with E-state index in [0.29, 0.717) is 28.0 Å². The van der Waals surface area contributed by atoms with Gasteiger partial charge >= 0.3 is 5.97 Å². The summed E-state index contributed by atoms with van der Waals surface area (Å²) in [6, 6.07) is 12.9. The molecule has 0 saturated heterocycles. The standard InChI is InChI=1S/C20H22Cl2N2O2S2/c1-2-26-19(25)17-9-8-16(12-18(17)22)24-20(27)23-10-3-11-28-13-14-4-6-15(21)7-5-14/h4-9,12H,2-3,10-11,13H2,1H3,(H2,23,24,27). The monoisotopic (exact) mass is 456 g/mol. The summed E-state index contributed by atoms with van der Waals surface area (Å²) in [5.74, 6) is 1.56. The highest BCUT2D eigenvalue weighted by atomic mass is 35.5. The quantitative estimate of drug-likeness (QED) is 0.283. The Labute approximate surface area is 185 Å². The van der Waals surface area contributed by atoms with E-state index in [1.54, 1.807) is 25.1 Å². The number of hydrogen-bond donors (Lipinski definition) is 2. The summed E-state index contributed by atoms with van der Waals surface area (Å²) >= 11 is 19.2. The van der Waals surface area contributed by atoms with E-state index in [2.05, 4.69) is 10.6 Å². The van der Waals surface area contributed by atoms with E-state index in [1.807, 2.05) is 36.0 Å². The van der Waals surface area contributed by atoms with E-state index in [0.717, 1.165) is 29.5 Å². The second kappa shape index (κ2) is 12.2. The Bertz CT molecular complexity index is 801. The van der Waals surface area contributed by atoms with Crippen LogP contribution in [0.1, 0.15) is 29.3 Å². The van der Waals surface area contributed by atoms with Gasteiger partial charge in [0.05, 0.1) is 17.2 Å². The first-order chi connectivity index (χ1) is 13.5. The Morgan fingerprint density at radius 3 is 2.61 bits per heavy atom.